The Balaban J connectivity index is 2.57. The van der Waals surface area contributed by atoms with Gasteiger partial charge in [-0.1, -0.05) is 17.4 Å². The highest BCUT2D eigenvalue weighted by atomic mass is 127. The molecule has 0 saturated carbocycles. The number of nitrogens with zero attached hydrogens (tertiary/aromatic N) is 2. The molecule has 14 heavy (non-hydrogen) atoms. The zero-order valence-electron chi connectivity index (χ0n) is 6.87. The molecule has 1 heterocycles. The Kier molecular flexibility index (Phi) is 2.64. The lowest BCUT2D eigenvalue weighted by atomic mass is 10.2. The lowest BCUT2D eigenvalue weighted by molar-refractivity contribution is 0.623. The molecule has 2 rings (SSSR count). The third-order valence-electron chi connectivity index (χ3n) is 1.62. The van der Waals surface area contributed by atoms with Crippen molar-refractivity contribution in [3.63, 3.8) is 0 Å². The number of rotatable bonds is 1. The molecule has 1 aromatic heterocycles. The second kappa shape index (κ2) is 3.77. The number of anilines is 1. The molecule has 0 radical (unpaired) electrons. The smallest absolute Gasteiger partial charge is 0.203 e. The van der Waals surface area contributed by atoms with E-state index in [9.17, 15) is 4.39 Å². The van der Waals surface area contributed by atoms with Crippen LogP contribution < -0.4 is 5.73 Å². The highest BCUT2D eigenvalue weighted by molar-refractivity contribution is 14.1. The summed E-state index contributed by atoms with van der Waals surface area (Å²) in [6.07, 6.45) is 0. The van der Waals surface area contributed by atoms with E-state index in [1.165, 1.54) is 11.3 Å². The molecule has 0 atom stereocenters. The maximum atomic E-state index is 13.6. The molecular weight excluding hydrogens is 316 g/mol. The summed E-state index contributed by atoms with van der Waals surface area (Å²) < 4.78 is 14.2. The Morgan fingerprint density at radius 3 is 2.79 bits per heavy atom. The molecule has 0 spiro atoms. The molecule has 0 amide bonds. The summed E-state index contributed by atoms with van der Waals surface area (Å²) >= 11 is 3.11. The average molecular weight is 321 g/mol. The Labute approximate surface area is 97.3 Å². The van der Waals surface area contributed by atoms with Crippen LogP contribution in [0.4, 0.5) is 9.52 Å². The molecule has 0 unspecified atom stereocenters. The van der Waals surface area contributed by atoms with Crippen molar-refractivity contribution >= 4 is 39.1 Å². The second-order valence-corrected chi connectivity index (χ2v) is 4.72. The van der Waals surface area contributed by atoms with Crippen molar-refractivity contribution in [1.29, 1.82) is 0 Å². The van der Waals surface area contributed by atoms with Crippen LogP contribution in [0.15, 0.2) is 18.2 Å². The van der Waals surface area contributed by atoms with Crippen molar-refractivity contribution in [1.82, 2.24) is 10.2 Å². The minimum absolute atomic E-state index is 0.274. The normalized spacial score (nSPS) is 10.4. The summed E-state index contributed by atoms with van der Waals surface area (Å²) in [5.74, 6) is -0.274. The van der Waals surface area contributed by atoms with E-state index in [4.69, 9.17) is 5.73 Å². The third kappa shape index (κ3) is 1.71. The molecule has 0 aliphatic carbocycles. The van der Waals surface area contributed by atoms with E-state index < -0.39 is 0 Å². The molecule has 0 saturated heterocycles. The minimum Gasteiger partial charge on any atom is -0.374 e. The molecular formula is C8H5FIN3S. The second-order valence-electron chi connectivity index (χ2n) is 2.55. The van der Waals surface area contributed by atoms with Gasteiger partial charge in [0.1, 0.15) is 5.82 Å². The SMILES string of the molecule is Nc1nnc(-c2cccc(I)c2F)s1. The quantitative estimate of drug-likeness (QED) is 0.821. The standard InChI is InChI=1S/C8H5FIN3S/c9-6-4(2-1-3-5(6)10)7-12-13-8(11)14-7/h1-3H,(H2,11,13). The van der Waals surface area contributed by atoms with Gasteiger partial charge in [-0.25, -0.2) is 4.39 Å². The summed E-state index contributed by atoms with van der Waals surface area (Å²) in [4.78, 5) is 0. The van der Waals surface area contributed by atoms with Crippen LogP contribution in [0.25, 0.3) is 10.6 Å². The first-order valence-corrected chi connectivity index (χ1v) is 5.61. The summed E-state index contributed by atoms with van der Waals surface area (Å²) in [5, 5.41) is 8.29. The van der Waals surface area contributed by atoms with E-state index >= 15 is 0 Å². The topological polar surface area (TPSA) is 51.8 Å². The summed E-state index contributed by atoms with van der Waals surface area (Å²) in [5.41, 5.74) is 5.87. The third-order valence-corrected chi connectivity index (χ3v) is 3.24. The number of hydrogen-bond donors (Lipinski definition) is 1. The van der Waals surface area contributed by atoms with Gasteiger partial charge < -0.3 is 5.73 Å². The fourth-order valence-corrected chi connectivity index (χ4v) is 2.14. The maximum Gasteiger partial charge on any atom is 0.203 e. The fraction of sp³-hybridized carbons (Fsp3) is 0. The van der Waals surface area contributed by atoms with E-state index in [0.717, 1.165) is 0 Å². The van der Waals surface area contributed by atoms with Crippen LogP contribution in [0, 0.1) is 9.39 Å². The van der Waals surface area contributed by atoms with Gasteiger partial charge in [-0.05, 0) is 34.7 Å². The highest BCUT2D eigenvalue weighted by Crippen LogP contribution is 2.28. The zero-order valence-corrected chi connectivity index (χ0v) is 9.84. The average Bonchev–Trinajstić information content (AvgIpc) is 2.57. The van der Waals surface area contributed by atoms with Crippen LogP contribution in [-0.2, 0) is 0 Å². The lowest BCUT2D eigenvalue weighted by Gasteiger charge is -1.99. The van der Waals surface area contributed by atoms with E-state index in [1.807, 2.05) is 22.6 Å². The van der Waals surface area contributed by atoms with Gasteiger partial charge in [-0.15, -0.1) is 10.2 Å². The van der Waals surface area contributed by atoms with Gasteiger partial charge >= 0.3 is 0 Å². The largest absolute Gasteiger partial charge is 0.374 e. The number of nitrogens with two attached hydrogens (primary N) is 1. The fourth-order valence-electron chi connectivity index (χ4n) is 1.01. The minimum atomic E-state index is -0.274. The van der Waals surface area contributed by atoms with Gasteiger partial charge in [0.2, 0.25) is 5.13 Å². The molecule has 6 heteroatoms. The van der Waals surface area contributed by atoms with Crippen molar-refractivity contribution in [2.45, 2.75) is 0 Å². The predicted molar refractivity (Wildman–Crippen MR) is 62.4 cm³/mol. The molecule has 0 aliphatic rings. The molecule has 0 aliphatic heterocycles. The molecule has 0 bridgehead atoms. The van der Waals surface area contributed by atoms with E-state index in [1.54, 1.807) is 18.2 Å². The van der Waals surface area contributed by atoms with Crippen molar-refractivity contribution in [3.05, 3.63) is 27.6 Å². The molecule has 0 fully saturated rings. The van der Waals surface area contributed by atoms with Crippen LogP contribution >= 0.6 is 33.9 Å². The van der Waals surface area contributed by atoms with Crippen LogP contribution in [0.1, 0.15) is 0 Å². The van der Waals surface area contributed by atoms with E-state index in [2.05, 4.69) is 10.2 Å². The van der Waals surface area contributed by atoms with Crippen molar-refractivity contribution < 1.29 is 4.39 Å². The van der Waals surface area contributed by atoms with Gasteiger partial charge in [-0.3, -0.25) is 0 Å². The van der Waals surface area contributed by atoms with Gasteiger partial charge in [0, 0.05) is 9.13 Å². The number of hydrogen-bond acceptors (Lipinski definition) is 4. The van der Waals surface area contributed by atoms with Gasteiger partial charge in [0.15, 0.2) is 5.01 Å². The predicted octanol–water partition coefficient (Wildman–Crippen LogP) is 2.53. The lowest BCUT2D eigenvalue weighted by Crippen LogP contribution is -1.87. The van der Waals surface area contributed by atoms with Crippen molar-refractivity contribution in [2.24, 2.45) is 0 Å². The van der Waals surface area contributed by atoms with Gasteiger partial charge in [0.05, 0.1) is 0 Å². The highest BCUT2D eigenvalue weighted by Gasteiger charge is 2.11. The zero-order chi connectivity index (χ0) is 10.1. The van der Waals surface area contributed by atoms with Crippen LogP contribution in [0.5, 0.6) is 0 Å². The van der Waals surface area contributed by atoms with Gasteiger partial charge in [0.25, 0.3) is 0 Å². The molecule has 72 valence electrons. The maximum absolute atomic E-state index is 13.6. The number of nitrogen functional groups attached to an aromatic ring is 1. The molecule has 2 N–H and O–H groups in total. The van der Waals surface area contributed by atoms with E-state index in [0.29, 0.717) is 19.3 Å². The van der Waals surface area contributed by atoms with Gasteiger partial charge in [-0.2, -0.15) is 0 Å². The molecule has 1 aromatic carbocycles. The number of aromatic nitrogens is 2. The Bertz CT molecular complexity index is 471. The Morgan fingerprint density at radius 1 is 1.36 bits per heavy atom. The molecule has 3 nitrogen and oxygen atoms in total. The van der Waals surface area contributed by atoms with Crippen LogP contribution in [-0.4, -0.2) is 10.2 Å². The first-order valence-electron chi connectivity index (χ1n) is 3.72. The Hall–Kier alpha value is -0.760. The summed E-state index contributed by atoms with van der Waals surface area (Å²) in [6.45, 7) is 0. The van der Waals surface area contributed by atoms with Crippen molar-refractivity contribution in [2.75, 3.05) is 5.73 Å². The summed E-state index contributed by atoms with van der Waals surface area (Å²) in [7, 11) is 0. The Morgan fingerprint density at radius 2 is 2.14 bits per heavy atom. The first kappa shape index (κ1) is 9.78. The van der Waals surface area contributed by atoms with Crippen LogP contribution in [0.3, 0.4) is 0 Å². The van der Waals surface area contributed by atoms with Crippen LogP contribution in [0.2, 0.25) is 0 Å². The number of benzene rings is 1. The molecule has 2 aromatic rings. The summed E-state index contributed by atoms with van der Waals surface area (Å²) in [6, 6.07) is 5.14. The monoisotopic (exact) mass is 321 g/mol. The van der Waals surface area contributed by atoms with Crippen molar-refractivity contribution in [3.8, 4) is 10.6 Å². The van der Waals surface area contributed by atoms with E-state index in [-0.39, 0.29) is 5.82 Å². The first-order chi connectivity index (χ1) is 6.68. The number of halogens is 2.